The van der Waals surface area contributed by atoms with Gasteiger partial charge >= 0.3 is 11.9 Å². The summed E-state index contributed by atoms with van der Waals surface area (Å²) in [4.78, 5) is 34.7. The van der Waals surface area contributed by atoms with Crippen molar-refractivity contribution in [1.29, 1.82) is 0 Å². The van der Waals surface area contributed by atoms with Crippen LogP contribution in [0.1, 0.15) is 68.8 Å². The maximum atomic E-state index is 14.9. The zero-order chi connectivity index (χ0) is 38.0. The summed E-state index contributed by atoms with van der Waals surface area (Å²) in [6.07, 6.45) is 1.34. The van der Waals surface area contributed by atoms with Gasteiger partial charge in [0.2, 0.25) is 6.79 Å². The number of esters is 2. The van der Waals surface area contributed by atoms with E-state index in [1.807, 2.05) is 25.8 Å². The third-order valence-corrected chi connectivity index (χ3v) is 14.2. The van der Waals surface area contributed by atoms with Crippen LogP contribution in [0.3, 0.4) is 0 Å². The molecule has 1 spiro atoms. The van der Waals surface area contributed by atoms with E-state index in [1.54, 1.807) is 31.0 Å². The largest absolute Gasteiger partial charge is 0.504 e. The molecule has 2 fully saturated rings. The van der Waals surface area contributed by atoms with E-state index in [1.165, 1.54) is 14.0 Å². The molecule has 0 aromatic heterocycles. The number of fused-ring (bicyclic) bond motifs is 9. The van der Waals surface area contributed by atoms with Gasteiger partial charge in [0.05, 0.1) is 31.6 Å². The first-order chi connectivity index (χ1) is 25.9. The molecule has 7 aliphatic heterocycles. The number of phenolic OH excluding ortho intramolecular Hbond substituents is 2. The van der Waals surface area contributed by atoms with Gasteiger partial charge in [0.1, 0.15) is 12.4 Å². The number of hydrogen-bond acceptors (Lipinski definition) is 14. The van der Waals surface area contributed by atoms with E-state index in [2.05, 4.69) is 22.9 Å². The molecule has 3 aromatic carbocycles. The van der Waals surface area contributed by atoms with Crippen LogP contribution in [0.2, 0.25) is 0 Å². The SMILES string of the molecule is COc1cc2c(cc1O)CCN(C)[C@]21CS[C@@H]2c3c(OC(C)=O)c(C)c4c(c3[C@H](COC1=O)N1C[C@H]3Cc5cc(C)c(OC)c(O)c5[C@@H](C21)N3C)OCO4. The van der Waals surface area contributed by atoms with Gasteiger partial charge in [-0.3, -0.25) is 19.5 Å². The number of thioether (sulfide) groups is 1. The van der Waals surface area contributed by atoms with E-state index < -0.39 is 28.8 Å². The Morgan fingerprint density at radius 1 is 0.981 bits per heavy atom. The van der Waals surface area contributed by atoms with Crippen molar-refractivity contribution in [2.45, 2.75) is 68.6 Å². The number of likely N-dealkylation sites (N-methyl/N-ethyl adjacent to an activating group) is 2. The molecule has 0 amide bonds. The second kappa shape index (κ2) is 12.6. The lowest BCUT2D eigenvalue weighted by Gasteiger charge is -2.60. The van der Waals surface area contributed by atoms with E-state index in [4.69, 9.17) is 28.4 Å². The van der Waals surface area contributed by atoms with E-state index >= 15 is 0 Å². The molecule has 13 nitrogen and oxygen atoms in total. The highest BCUT2D eigenvalue weighted by molar-refractivity contribution is 7.99. The average molecular weight is 760 g/mol. The van der Waals surface area contributed by atoms with Crippen LogP contribution in [0, 0.1) is 13.8 Å². The van der Waals surface area contributed by atoms with Gasteiger partial charge in [0.25, 0.3) is 0 Å². The number of nitrogens with zero attached hydrogens (tertiary/aromatic N) is 3. The molecule has 4 bridgehead atoms. The Balaban J connectivity index is 1.31. The monoisotopic (exact) mass is 759 g/mol. The number of carbonyl (C=O) groups excluding carboxylic acids is 2. The molecule has 7 aliphatic rings. The standard InChI is InChI=1S/C40H45N3O10S/c1-18-10-22-11-23-14-43-25-15-50-39(47)40(24-13-27(48-6)26(45)12-21(24)8-9-41(40)4)16-54-38(32(43)31(42(23)5)28(22)33(46)34(18)49-7)30-29(25)37-36(51-17-52-37)19(2)35(30)53-20(3)44/h10,12-13,23,25,31-32,38,45-46H,8-9,11,14-17H2,1-7H3/t23-,25+,31+,32?,38-,40-/m1/s1. The van der Waals surface area contributed by atoms with Gasteiger partial charge in [-0.15, -0.1) is 11.8 Å². The van der Waals surface area contributed by atoms with Crippen molar-refractivity contribution in [3.05, 3.63) is 62.7 Å². The molecule has 7 heterocycles. The third kappa shape index (κ3) is 4.75. The van der Waals surface area contributed by atoms with E-state index in [9.17, 15) is 19.8 Å². The number of carbonyl (C=O) groups is 2. The smallest absolute Gasteiger partial charge is 0.332 e. The summed E-state index contributed by atoms with van der Waals surface area (Å²) in [5, 5.41) is 22.4. The van der Waals surface area contributed by atoms with Crippen molar-refractivity contribution in [2.24, 2.45) is 0 Å². The minimum atomic E-state index is -1.25. The predicted octanol–water partition coefficient (Wildman–Crippen LogP) is 4.44. The summed E-state index contributed by atoms with van der Waals surface area (Å²) in [5.74, 6) is 1.76. The molecule has 10 rings (SSSR count). The molecule has 2 N–H and O–H groups in total. The summed E-state index contributed by atoms with van der Waals surface area (Å²) in [5.41, 5.74) is 5.34. The molecule has 54 heavy (non-hydrogen) atoms. The predicted molar refractivity (Wildman–Crippen MR) is 198 cm³/mol. The first kappa shape index (κ1) is 35.3. The van der Waals surface area contributed by atoms with E-state index in [-0.39, 0.29) is 54.5 Å². The zero-order valence-corrected chi connectivity index (χ0v) is 32.3. The molecule has 0 saturated carbocycles. The number of aryl methyl sites for hydroxylation is 1. The second-order valence-electron chi connectivity index (χ2n) is 15.3. The number of benzene rings is 3. The van der Waals surface area contributed by atoms with Gasteiger partial charge in [-0.05, 0) is 75.2 Å². The van der Waals surface area contributed by atoms with Gasteiger partial charge in [-0.2, -0.15) is 0 Å². The van der Waals surface area contributed by atoms with Crippen molar-refractivity contribution in [2.75, 3.05) is 60.6 Å². The Morgan fingerprint density at radius 2 is 1.76 bits per heavy atom. The number of phenols is 2. The van der Waals surface area contributed by atoms with Crippen LogP contribution in [0.15, 0.2) is 18.2 Å². The minimum absolute atomic E-state index is 0.00757. The van der Waals surface area contributed by atoms with Gasteiger partial charge in [0, 0.05) is 60.1 Å². The zero-order valence-electron chi connectivity index (χ0n) is 31.5. The number of ether oxygens (including phenoxy) is 6. The fourth-order valence-corrected chi connectivity index (χ4v) is 12.0. The van der Waals surface area contributed by atoms with Crippen molar-refractivity contribution in [3.8, 4) is 40.2 Å². The number of methoxy groups -OCH3 is 2. The van der Waals surface area contributed by atoms with Crippen LogP contribution in [0.4, 0.5) is 0 Å². The lowest BCUT2D eigenvalue weighted by Crippen LogP contribution is -2.65. The number of aromatic hydroxyl groups is 2. The van der Waals surface area contributed by atoms with Crippen molar-refractivity contribution in [1.82, 2.24) is 14.7 Å². The summed E-state index contributed by atoms with van der Waals surface area (Å²) >= 11 is 1.60. The second-order valence-corrected chi connectivity index (χ2v) is 16.4. The summed E-state index contributed by atoms with van der Waals surface area (Å²) in [6.45, 7) is 6.42. The minimum Gasteiger partial charge on any atom is -0.504 e. The molecule has 2 saturated heterocycles. The molecule has 14 heteroatoms. The summed E-state index contributed by atoms with van der Waals surface area (Å²) < 4.78 is 36.4. The first-order valence-electron chi connectivity index (χ1n) is 18.3. The van der Waals surface area contributed by atoms with Crippen LogP contribution in [0.25, 0.3) is 0 Å². The van der Waals surface area contributed by atoms with Crippen molar-refractivity contribution < 1.29 is 48.2 Å². The molecule has 0 aliphatic carbocycles. The summed E-state index contributed by atoms with van der Waals surface area (Å²) in [7, 11) is 7.12. The van der Waals surface area contributed by atoms with Gasteiger partial charge < -0.3 is 38.6 Å². The maximum absolute atomic E-state index is 14.9. The topological polar surface area (TPSA) is 140 Å². The average Bonchev–Trinajstić information content (AvgIpc) is 3.62. The Labute approximate surface area is 318 Å². The molecular weight excluding hydrogens is 715 g/mol. The summed E-state index contributed by atoms with van der Waals surface area (Å²) in [6, 6.07) is 4.56. The van der Waals surface area contributed by atoms with Crippen molar-refractivity contribution >= 4 is 23.7 Å². The lowest BCUT2D eigenvalue weighted by molar-refractivity contribution is -0.162. The van der Waals surface area contributed by atoms with E-state index in [0.29, 0.717) is 54.5 Å². The molecule has 286 valence electrons. The van der Waals surface area contributed by atoms with Gasteiger partial charge in [-0.25, -0.2) is 4.79 Å². The van der Waals surface area contributed by atoms with Crippen LogP contribution >= 0.6 is 11.8 Å². The highest BCUT2D eigenvalue weighted by Gasteiger charge is 2.59. The fourth-order valence-electron chi connectivity index (χ4n) is 10.2. The maximum Gasteiger partial charge on any atom is 0.332 e. The molecular formula is C40H45N3O10S. The molecule has 1 unspecified atom stereocenters. The van der Waals surface area contributed by atoms with E-state index in [0.717, 1.165) is 38.9 Å². The highest BCUT2D eigenvalue weighted by Crippen LogP contribution is 2.64. The third-order valence-electron chi connectivity index (χ3n) is 12.7. The Kier molecular flexibility index (Phi) is 8.24. The Morgan fingerprint density at radius 3 is 2.50 bits per heavy atom. The first-order valence-corrected chi connectivity index (χ1v) is 19.4. The normalized spacial score (nSPS) is 28.4. The molecule has 0 radical (unpaired) electrons. The fraction of sp³-hybridized carbons (Fsp3) is 0.500. The van der Waals surface area contributed by atoms with Crippen LogP contribution in [0.5, 0.6) is 40.2 Å². The Bertz CT molecular complexity index is 2130. The Hall–Kier alpha value is -4.37. The van der Waals surface area contributed by atoms with Crippen molar-refractivity contribution in [3.63, 3.8) is 0 Å². The van der Waals surface area contributed by atoms with Crippen LogP contribution in [-0.4, -0.2) is 109 Å². The molecule has 3 aromatic rings. The highest BCUT2D eigenvalue weighted by atomic mass is 32.2. The van der Waals surface area contributed by atoms with Crippen LogP contribution < -0.4 is 23.7 Å². The van der Waals surface area contributed by atoms with Crippen LogP contribution in [-0.2, 0) is 32.7 Å². The number of rotatable bonds is 3. The quantitative estimate of drug-likeness (QED) is 0.288. The van der Waals surface area contributed by atoms with Gasteiger partial charge in [0.15, 0.2) is 40.0 Å². The molecule has 6 atom stereocenters. The number of hydrogen-bond donors (Lipinski definition) is 2. The lowest BCUT2D eigenvalue weighted by atomic mass is 9.73. The number of piperazine rings is 1. The van der Waals surface area contributed by atoms with Gasteiger partial charge in [-0.1, -0.05) is 6.07 Å².